The van der Waals surface area contributed by atoms with Crippen LogP contribution in [0.25, 0.3) is 0 Å². The van der Waals surface area contributed by atoms with E-state index >= 15 is 0 Å². The first kappa shape index (κ1) is 15.2. The Labute approximate surface area is 126 Å². The van der Waals surface area contributed by atoms with E-state index in [1.54, 1.807) is 0 Å². The van der Waals surface area contributed by atoms with Crippen molar-refractivity contribution in [3.63, 3.8) is 0 Å². The van der Waals surface area contributed by atoms with Gasteiger partial charge in [-0.25, -0.2) is 5.43 Å². The van der Waals surface area contributed by atoms with Crippen molar-refractivity contribution in [1.29, 1.82) is 0 Å². The molecule has 21 heavy (non-hydrogen) atoms. The summed E-state index contributed by atoms with van der Waals surface area (Å²) in [7, 11) is 0. The quantitative estimate of drug-likeness (QED) is 0.665. The Hall–Kier alpha value is -2.16. The molecular weight excluding hydrogens is 260 g/mol. The summed E-state index contributed by atoms with van der Waals surface area (Å²) in [5.41, 5.74) is 6.93. The first-order valence-electron chi connectivity index (χ1n) is 7.28. The highest BCUT2D eigenvalue weighted by atomic mass is 16.2. The average molecular weight is 282 g/mol. The van der Waals surface area contributed by atoms with E-state index in [2.05, 4.69) is 23.2 Å². The second-order valence-corrected chi connectivity index (χ2v) is 5.63. The number of hydrogen-bond acceptors (Lipinski definition) is 2. The Kier molecular flexibility index (Phi) is 5.09. The third kappa shape index (κ3) is 4.42. The Morgan fingerprint density at radius 1 is 1.38 bits per heavy atom. The predicted octanol–water partition coefficient (Wildman–Crippen LogP) is 3.63. The maximum atomic E-state index is 11.9. The molecule has 0 heterocycles. The van der Waals surface area contributed by atoms with E-state index in [1.807, 2.05) is 44.2 Å². The number of nitrogens with zero attached hydrogens (tertiary/aromatic N) is 1. The van der Waals surface area contributed by atoms with E-state index in [4.69, 9.17) is 0 Å². The summed E-state index contributed by atoms with van der Waals surface area (Å²) in [5.74, 6) is 0.345. The molecule has 0 aliphatic heterocycles. The summed E-state index contributed by atoms with van der Waals surface area (Å²) in [5, 5.41) is 4.30. The SMILES string of the molecule is C=C(C)[C@@H]1CC=C(C)/C(=N/NC(=O)Cc2ccccc2)C1. The molecule has 1 aromatic carbocycles. The van der Waals surface area contributed by atoms with E-state index < -0.39 is 0 Å². The number of nitrogens with one attached hydrogen (secondary N) is 1. The van der Waals surface area contributed by atoms with Crippen LogP contribution in [-0.2, 0) is 11.2 Å². The van der Waals surface area contributed by atoms with Crippen molar-refractivity contribution >= 4 is 11.6 Å². The van der Waals surface area contributed by atoms with Crippen LogP contribution >= 0.6 is 0 Å². The van der Waals surface area contributed by atoms with Crippen LogP contribution in [0, 0.1) is 5.92 Å². The summed E-state index contributed by atoms with van der Waals surface area (Å²) in [6, 6.07) is 9.68. The molecule has 1 aliphatic carbocycles. The van der Waals surface area contributed by atoms with E-state index in [1.165, 1.54) is 5.57 Å². The van der Waals surface area contributed by atoms with Gasteiger partial charge in [-0.15, -0.1) is 0 Å². The molecule has 1 aromatic rings. The number of carbonyl (C=O) groups is 1. The molecule has 3 nitrogen and oxygen atoms in total. The molecule has 0 fully saturated rings. The van der Waals surface area contributed by atoms with Gasteiger partial charge in [-0.05, 0) is 43.7 Å². The zero-order chi connectivity index (χ0) is 15.2. The van der Waals surface area contributed by atoms with Crippen LogP contribution in [0.5, 0.6) is 0 Å². The van der Waals surface area contributed by atoms with E-state index in [-0.39, 0.29) is 5.91 Å². The lowest BCUT2D eigenvalue weighted by molar-refractivity contribution is -0.120. The van der Waals surface area contributed by atoms with Crippen LogP contribution in [0.4, 0.5) is 0 Å². The molecule has 3 heteroatoms. The van der Waals surface area contributed by atoms with Crippen molar-refractivity contribution in [2.24, 2.45) is 11.0 Å². The van der Waals surface area contributed by atoms with Crippen molar-refractivity contribution in [2.75, 3.05) is 0 Å². The first-order chi connectivity index (χ1) is 10.1. The van der Waals surface area contributed by atoms with Crippen molar-refractivity contribution in [3.05, 3.63) is 59.7 Å². The zero-order valence-corrected chi connectivity index (χ0v) is 12.7. The van der Waals surface area contributed by atoms with Gasteiger partial charge < -0.3 is 0 Å². The number of allylic oxidation sites excluding steroid dienone is 3. The minimum Gasteiger partial charge on any atom is -0.273 e. The van der Waals surface area contributed by atoms with Gasteiger partial charge in [0.15, 0.2) is 0 Å². The second kappa shape index (κ2) is 7.02. The van der Waals surface area contributed by atoms with Gasteiger partial charge in [0, 0.05) is 0 Å². The van der Waals surface area contributed by atoms with Crippen LogP contribution < -0.4 is 5.43 Å². The standard InChI is InChI=1S/C18H22N2O/c1-13(2)16-10-9-14(3)17(12-16)19-20-18(21)11-15-7-5-4-6-8-15/h4-9,16H,1,10-12H2,2-3H3,(H,20,21)/b19-17+/t16-/m1/s1. The topological polar surface area (TPSA) is 41.5 Å². The third-order valence-electron chi connectivity index (χ3n) is 3.82. The molecule has 0 radical (unpaired) electrons. The van der Waals surface area contributed by atoms with Crippen LogP contribution in [0.1, 0.15) is 32.3 Å². The summed E-state index contributed by atoms with van der Waals surface area (Å²) >= 11 is 0. The van der Waals surface area contributed by atoms with Gasteiger partial charge >= 0.3 is 0 Å². The highest BCUT2D eigenvalue weighted by Crippen LogP contribution is 2.26. The predicted molar refractivity (Wildman–Crippen MR) is 87.0 cm³/mol. The molecule has 0 saturated carbocycles. The molecule has 1 aliphatic rings. The molecule has 0 unspecified atom stereocenters. The highest BCUT2D eigenvalue weighted by molar-refractivity contribution is 6.01. The van der Waals surface area contributed by atoms with Gasteiger partial charge in [0.25, 0.3) is 0 Å². The van der Waals surface area contributed by atoms with Crippen molar-refractivity contribution in [1.82, 2.24) is 5.43 Å². The Bertz CT molecular complexity index is 584. The zero-order valence-electron chi connectivity index (χ0n) is 12.7. The Balaban J connectivity index is 1.96. The fourth-order valence-corrected chi connectivity index (χ4v) is 2.37. The minimum atomic E-state index is -0.0843. The van der Waals surface area contributed by atoms with Crippen LogP contribution in [0.15, 0.2) is 59.2 Å². The summed E-state index contributed by atoms with van der Waals surface area (Å²) in [6.07, 6.45) is 4.39. The summed E-state index contributed by atoms with van der Waals surface area (Å²) < 4.78 is 0. The molecule has 0 bridgehead atoms. The Morgan fingerprint density at radius 2 is 2.10 bits per heavy atom. The van der Waals surface area contributed by atoms with Gasteiger partial charge in [-0.3, -0.25) is 4.79 Å². The molecule has 0 spiro atoms. The van der Waals surface area contributed by atoms with Crippen molar-refractivity contribution in [2.45, 2.75) is 33.1 Å². The van der Waals surface area contributed by atoms with E-state index in [0.29, 0.717) is 12.3 Å². The maximum Gasteiger partial charge on any atom is 0.244 e. The Morgan fingerprint density at radius 3 is 2.76 bits per heavy atom. The molecular formula is C18H22N2O. The average Bonchev–Trinajstić information content (AvgIpc) is 2.47. The lowest BCUT2D eigenvalue weighted by Gasteiger charge is -2.22. The van der Waals surface area contributed by atoms with Gasteiger partial charge in [0.1, 0.15) is 0 Å². The number of carbonyl (C=O) groups excluding carboxylic acids is 1. The lowest BCUT2D eigenvalue weighted by Crippen LogP contribution is -2.24. The number of hydrazone groups is 1. The molecule has 0 saturated heterocycles. The molecule has 1 amide bonds. The monoisotopic (exact) mass is 282 g/mol. The van der Waals surface area contributed by atoms with Crippen LogP contribution in [0.2, 0.25) is 0 Å². The molecule has 2 rings (SSSR count). The summed E-state index contributed by atoms with van der Waals surface area (Å²) in [6.45, 7) is 8.10. The smallest absolute Gasteiger partial charge is 0.244 e. The first-order valence-corrected chi connectivity index (χ1v) is 7.28. The second-order valence-electron chi connectivity index (χ2n) is 5.63. The number of hydrogen-bond donors (Lipinski definition) is 1. The molecule has 1 atom stereocenters. The lowest BCUT2D eigenvalue weighted by atomic mass is 9.85. The van der Waals surface area contributed by atoms with Crippen LogP contribution in [0.3, 0.4) is 0 Å². The fourth-order valence-electron chi connectivity index (χ4n) is 2.37. The normalized spacial score (nSPS) is 20.0. The van der Waals surface area contributed by atoms with E-state index in [0.717, 1.165) is 29.7 Å². The third-order valence-corrected chi connectivity index (χ3v) is 3.82. The number of amides is 1. The van der Waals surface area contributed by atoms with Crippen molar-refractivity contribution < 1.29 is 4.79 Å². The van der Waals surface area contributed by atoms with Gasteiger partial charge in [-0.1, -0.05) is 48.6 Å². The largest absolute Gasteiger partial charge is 0.273 e. The highest BCUT2D eigenvalue weighted by Gasteiger charge is 2.18. The van der Waals surface area contributed by atoms with Crippen molar-refractivity contribution in [3.8, 4) is 0 Å². The van der Waals surface area contributed by atoms with Crippen LogP contribution in [-0.4, -0.2) is 11.6 Å². The molecule has 1 N–H and O–H groups in total. The molecule has 110 valence electrons. The molecule has 0 aromatic heterocycles. The summed E-state index contributed by atoms with van der Waals surface area (Å²) in [4.78, 5) is 11.9. The van der Waals surface area contributed by atoms with E-state index in [9.17, 15) is 4.79 Å². The minimum absolute atomic E-state index is 0.0843. The number of benzene rings is 1. The van der Waals surface area contributed by atoms with Gasteiger partial charge in [0.2, 0.25) is 5.91 Å². The number of rotatable bonds is 4. The van der Waals surface area contributed by atoms with Gasteiger partial charge in [-0.2, -0.15) is 5.10 Å². The van der Waals surface area contributed by atoms with Gasteiger partial charge in [0.05, 0.1) is 12.1 Å². The maximum absolute atomic E-state index is 11.9. The fraction of sp³-hybridized carbons (Fsp3) is 0.333.